The molecule has 0 saturated heterocycles. The second-order valence-corrected chi connectivity index (χ2v) is 4.71. The van der Waals surface area contributed by atoms with Crippen LogP contribution in [0.3, 0.4) is 0 Å². The number of hydrogen-bond donors (Lipinski definition) is 1. The van der Waals surface area contributed by atoms with E-state index in [0.717, 1.165) is 5.56 Å². The van der Waals surface area contributed by atoms with E-state index >= 15 is 0 Å². The summed E-state index contributed by atoms with van der Waals surface area (Å²) in [5, 5.41) is 20.4. The van der Waals surface area contributed by atoms with Crippen molar-refractivity contribution in [2.75, 3.05) is 0 Å². The lowest BCUT2D eigenvalue weighted by molar-refractivity contribution is -0.385. The summed E-state index contributed by atoms with van der Waals surface area (Å²) >= 11 is 5.80. The molecule has 0 heterocycles. The largest absolute Gasteiger partial charge is 0.478 e. The molecule has 0 saturated carbocycles. The minimum absolute atomic E-state index is 0.0125. The normalized spacial score (nSPS) is 10.2. The molecule has 0 atom stereocenters. The Hall–Kier alpha value is -2.60. The SMILES string of the molecule is Cc1ccc(Oc2cc(Cl)ccc2[N+](=O)[O-])c(C(=O)O)c1. The lowest BCUT2D eigenvalue weighted by atomic mass is 10.1. The molecule has 2 aromatic rings. The van der Waals surface area contributed by atoms with Crippen LogP contribution in [0.25, 0.3) is 0 Å². The first-order valence-corrected chi connectivity index (χ1v) is 6.22. The lowest BCUT2D eigenvalue weighted by Gasteiger charge is -2.10. The van der Waals surface area contributed by atoms with Gasteiger partial charge in [-0.05, 0) is 25.1 Å². The number of rotatable bonds is 4. The number of nitrogens with zero attached hydrogens (tertiary/aromatic N) is 1. The zero-order valence-electron chi connectivity index (χ0n) is 10.9. The molecule has 0 spiro atoms. The highest BCUT2D eigenvalue weighted by Crippen LogP contribution is 2.35. The van der Waals surface area contributed by atoms with E-state index in [0.29, 0.717) is 0 Å². The van der Waals surface area contributed by atoms with E-state index in [9.17, 15) is 14.9 Å². The summed E-state index contributed by atoms with van der Waals surface area (Å²) in [6, 6.07) is 8.35. The number of halogens is 1. The molecule has 6 nitrogen and oxygen atoms in total. The average Bonchev–Trinajstić information content (AvgIpc) is 2.40. The van der Waals surface area contributed by atoms with Gasteiger partial charge in [-0.1, -0.05) is 23.2 Å². The van der Waals surface area contributed by atoms with Crippen LogP contribution in [0.2, 0.25) is 5.02 Å². The Morgan fingerprint density at radius 1 is 1.24 bits per heavy atom. The molecule has 108 valence electrons. The quantitative estimate of drug-likeness (QED) is 0.680. The monoisotopic (exact) mass is 307 g/mol. The third kappa shape index (κ3) is 3.29. The standard InChI is InChI=1S/C14H10ClNO5/c1-8-2-5-12(10(6-8)14(17)18)21-13-7-9(15)3-4-11(13)16(19)20/h2-7H,1H3,(H,17,18). The van der Waals surface area contributed by atoms with Gasteiger partial charge in [0, 0.05) is 17.2 Å². The number of benzene rings is 2. The molecule has 2 aromatic carbocycles. The highest BCUT2D eigenvalue weighted by Gasteiger charge is 2.19. The predicted molar refractivity (Wildman–Crippen MR) is 76.3 cm³/mol. The molecule has 2 rings (SSSR count). The molecule has 21 heavy (non-hydrogen) atoms. The van der Waals surface area contributed by atoms with E-state index in [1.54, 1.807) is 13.0 Å². The zero-order valence-corrected chi connectivity index (χ0v) is 11.6. The zero-order chi connectivity index (χ0) is 15.6. The number of nitro benzene ring substituents is 1. The second-order valence-electron chi connectivity index (χ2n) is 4.28. The van der Waals surface area contributed by atoms with Gasteiger partial charge in [0.25, 0.3) is 0 Å². The van der Waals surface area contributed by atoms with E-state index in [-0.39, 0.29) is 27.8 Å². The molecule has 0 radical (unpaired) electrons. The van der Waals surface area contributed by atoms with Crippen molar-refractivity contribution in [2.45, 2.75) is 6.92 Å². The van der Waals surface area contributed by atoms with Gasteiger partial charge in [0.15, 0.2) is 0 Å². The van der Waals surface area contributed by atoms with Crippen molar-refractivity contribution in [3.05, 3.63) is 62.7 Å². The Morgan fingerprint density at radius 2 is 1.95 bits per heavy atom. The molecule has 0 fully saturated rings. The summed E-state index contributed by atoms with van der Waals surface area (Å²) in [5.74, 6) is -1.28. The first kappa shape index (κ1) is 14.8. The fraction of sp³-hybridized carbons (Fsp3) is 0.0714. The van der Waals surface area contributed by atoms with Crippen molar-refractivity contribution >= 4 is 23.3 Å². The van der Waals surface area contributed by atoms with Gasteiger partial charge in [-0.2, -0.15) is 0 Å². The smallest absolute Gasteiger partial charge is 0.339 e. The fourth-order valence-electron chi connectivity index (χ4n) is 1.74. The van der Waals surface area contributed by atoms with Crippen LogP contribution in [0.15, 0.2) is 36.4 Å². The van der Waals surface area contributed by atoms with Crippen LogP contribution in [0.4, 0.5) is 5.69 Å². The average molecular weight is 308 g/mol. The minimum Gasteiger partial charge on any atom is -0.478 e. The van der Waals surface area contributed by atoms with Crippen LogP contribution in [0.5, 0.6) is 11.5 Å². The van der Waals surface area contributed by atoms with Crippen molar-refractivity contribution in [1.82, 2.24) is 0 Å². The number of nitro groups is 1. The molecule has 0 aliphatic rings. The Morgan fingerprint density at radius 3 is 2.57 bits per heavy atom. The molecule has 0 unspecified atom stereocenters. The third-order valence-electron chi connectivity index (χ3n) is 2.70. The molecule has 1 N–H and O–H groups in total. The van der Waals surface area contributed by atoms with Crippen LogP contribution in [0.1, 0.15) is 15.9 Å². The Labute approximate surface area is 124 Å². The number of aromatic carboxylic acids is 1. The van der Waals surface area contributed by atoms with Gasteiger partial charge < -0.3 is 9.84 Å². The molecule has 7 heteroatoms. The van der Waals surface area contributed by atoms with E-state index in [2.05, 4.69) is 0 Å². The first-order valence-electron chi connectivity index (χ1n) is 5.84. The van der Waals surface area contributed by atoms with E-state index in [4.69, 9.17) is 21.4 Å². The van der Waals surface area contributed by atoms with Gasteiger partial charge in [0.2, 0.25) is 5.75 Å². The van der Waals surface area contributed by atoms with Crippen molar-refractivity contribution in [3.8, 4) is 11.5 Å². The molecule has 0 amide bonds. The topological polar surface area (TPSA) is 89.7 Å². The molecule has 0 aliphatic carbocycles. The van der Waals surface area contributed by atoms with Crippen LogP contribution < -0.4 is 4.74 Å². The highest BCUT2D eigenvalue weighted by atomic mass is 35.5. The number of ether oxygens (including phenoxy) is 1. The molecule has 0 aliphatic heterocycles. The molecular formula is C14H10ClNO5. The lowest BCUT2D eigenvalue weighted by Crippen LogP contribution is -2.01. The Balaban J connectivity index is 2.50. The number of carboxylic acids is 1. The summed E-state index contributed by atoms with van der Waals surface area (Å²) in [5.41, 5.74) is 0.362. The number of carboxylic acid groups (broad SMARTS) is 1. The molecular weight excluding hydrogens is 298 g/mol. The maximum absolute atomic E-state index is 11.2. The van der Waals surface area contributed by atoms with Crippen LogP contribution >= 0.6 is 11.6 Å². The Bertz CT molecular complexity index is 729. The number of carbonyl (C=O) groups is 1. The van der Waals surface area contributed by atoms with Gasteiger partial charge >= 0.3 is 11.7 Å². The van der Waals surface area contributed by atoms with Gasteiger partial charge in [0.1, 0.15) is 11.3 Å². The van der Waals surface area contributed by atoms with Gasteiger partial charge in [-0.25, -0.2) is 4.79 Å². The number of aryl methyl sites for hydroxylation is 1. The Kier molecular flexibility index (Phi) is 4.09. The maximum atomic E-state index is 11.2. The van der Waals surface area contributed by atoms with Crippen molar-refractivity contribution in [2.24, 2.45) is 0 Å². The summed E-state index contributed by atoms with van der Waals surface area (Å²) in [7, 11) is 0. The van der Waals surface area contributed by atoms with Crippen molar-refractivity contribution < 1.29 is 19.6 Å². The van der Waals surface area contributed by atoms with E-state index < -0.39 is 10.9 Å². The van der Waals surface area contributed by atoms with Crippen LogP contribution in [-0.2, 0) is 0 Å². The second kappa shape index (κ2) is 5.80. The molecule has 0 aromatic heterocycles. The van der Waals surface area contributed by atoms with Crippen molar-refractivity contribution in [1.29, 1.82) is 0 Å². The van der Waals surface area contributed by atoms with Crippen LogP contribution in [0, 0.1) is 17.0 Å². The van der Waals surface area contributed by atoms with Crippen molar-refractivity contribution in [3.63, 3.8) is 0 Å². The summed E-state index contributed by atoms with van der Waals surface area (Å²) < 4.78 is 5.39. The first-order chi connectivity index (χ1) is 9.88. The van der Waals surface area contributed by atoms with Gasteiger partial charge in [-0.3, -0.25) is 10.1 Å². The third-order valence-corrected chi connectivity index (χ3v) is 2.94. The van der Waals surface area contributed by atoms with Gasteiger partial charge in [0.05, 0.1) is 4.92 Å². The summed E-state index contributed by atoms with van der Waals surface area (Å²) in [6.45, 7) is 1.73. The highest BCUT2D eigenvalue weighted by molar-refractivity contribution is 6.30. The summed E-state index contributed by atoms with van der Waals surface area (Å²) in [6.07, 6.45) is 0. The fourth-order valence-corrected chi connectivity index (χ4v) is 1.90. The maximum Gasteiger partial charge on any atom is 0.339 e. The summed E-state index contributed by atoms with van der Waals surface area (Å²) in [4.78, 5) is 21.5. The van der Waals surface area contributed by atoms with Gasteiger partial charge in [-0.15, -0.1) is 0 Å². The minimum atomic E-state index is -1.18. The van der Waals surface area contributed by atoms with E-state index in [1.165, 1.54) is 30.3 Å². The van der Waals surface area contributed by atoms with E-state index in [1.807, 2.05) is 0 Å². The van der Waals surface area contributed by atoms with Crippen LogP contribution in [-0.4, -0.2) is 16.0 Å². The number of hydrogen-bond acceptors (Lipinski definition) is 4. The molecule has 0 bridgehead atoms. The predicted octanol–water partition coefficient (Wildman–Crippen LogP) is 4.05.